The maximum Gasteiger partial charge on any atom is 0.243 e. The third kappa shape index (κ3) is 2.96. The first-order valence-corrected chi connectivity index (χ1v) is 7.80. The molecule has 2 rings (SSSR count). The first-order valence-electron chi connectivity index (χ1n) is 6.36. The molecule has 0 saturated carbocycles. The Morgan fingerprint density at radius 3 is 2.89 bits per heavy atom. The van der Waals surface area contributed by atoms with E-state index >= 15 is 0 Å². The van der Waals surface area contributed by atoms with E-state index in [2.05, 4.69) is 5.32 Å². The lowest BCUT2D eigenvalue weighted by atomic mass is 10.1. The lowest BCUT2D eigenvalue weighted by molar-refractivity contribution is 0.450. The second-order valence-electron chi connectivity index (χ2n) is 4.99. The second-order valence-corrected chi connectivity index (χ2v) is 6.89. The summed E-state index contributed by atoms with van der Waals surface area (Å²) in [4.78, 5) is 0.0811. The molecule has 1 N–H and O–H groups in total. The summed E-state index contributed by atoms with van der Waals surface area (Å²) >= 11 is 0. The van der Waals surface area contributed by atoms with Crippen LogP contribution in [-0.4, -0.2) is 39.4 Å². The van der Waals surface area contributed by atoms with E-state index in [1.165, 1.54) is 16.4 Å². The Balaban J connectivity index is 2.26. The lowest BCUT2D eigenvalue weighted by Crippen LogP contribution is -2.31. The van der Waals surface area contributed by atoms with Gasteiger partial charge in [-0.15, -0.1) is 0 Å². The van der Waals surface area contributed by atoms with Gasteiger partial charge in [-0.2, -0.15) is 4.31 Å². The van der Waals surface area contributed by atoms with Crippen LogP contribution in [0.1, 0.15) is 12.0 Å². The van der Waals surface area contributed by atoms with E-state index in [0.29, 0.717) is 24.6 Å². The average molecular weight is 286 g/mol. The predicted molar refractivity (Wildman–Crippen MR) is 71.9 cm³/mol. The van der Waals surface area contributed by atoms with Crippen molar-refractivity contribution in [2.45, 2.75) is 18.2 Å². The molecule has 1 aromatic rings. The van der Waals surface area contributed by atoms with Gasteiger partial charge in [0.2, 0.25) is 10.0 Å². The van der Waals surface area contributed by atoms with Gasteiger partial charge in [-0.1, -0.05) is 6.07 Å². The van der Waals surface area contributed by atoms with Gasteiger partial charge in [-0.3, -0.25) is 0 Å². The van der Waals surface area contributed by atoms with E-state index in [-0.39, 0.29) is 4.90 Å². The summed E-state index contributed by atoms with van der Waals surface area (Å²) in [5.41, 5.74) is 0.582. The number of halogens is 1. The van der Waals surface area contributed by atoms with Gasteiger partial charge in [0.25, 0.3) is 0 Å². The molecule has 6 heteroatoms. The highest BCUT2D eigenvalue weighted by atomic mass is 32.2. The molecule has 1 unspecified atom stereocenters. The third-order valence-electron chi connectivity index (χ3n) is 3.51. The van der Waals surface area contributed by atoms with Crippen LogP contribution < -0.4 is 5.32 Å². The largest absolute Gasteiger partial charge is 0.319 e. The van der Waals surface area contributed by atoms with Gasteiger partial charge in [0.05, 0.1) is 4.90 Å². The molecule has 0 radical (unpaired) electrons. The Bertz CT molecular complexity index is 560. The van der Waals surface area contributed by atoms with Gasteiger partial charge >= 0.3 is 0 Å². The molecule has 0 aromatic heterocycles. The molecule has 1 fully saturated rings. The van der Waals surface area contributed by atoms with Crippen molar-refractivity contribution in [2.24, 2.45) is 5.92 Å². The standard InChI is InChI=1S/C13H19FN2O2S/c1-10-3-4-12(14)7-13(10)19(17,18)16-6-5-11(9-16)8-15-2/h3-4,7,11,15H,5-6,8-9H2,1-2H3. The summed E-state index contributed by atoms with van der Waals surface area (Å²) in [6, 6.07) is 3.89. The Kier molecular flexibility index (Phi) is 4.23. The molecule has 0 bridgehead atoms. The van der Waals surface area contributed by atoms with Crippen LogP contribution in [-0.2, 0) is 10.0 Å². The molecular weight excluding hydrogens is 267 g/mol. The molecule has 1 saturated heterocycles. The second kappa shape index (κ2) is 5.56. The van der Waals surface area contributed by atoms with Crippen molar-refractivity contribution in [3.8, 4) is 0 Å². The SMILES string of the molecule is CNCC1CCN(S(=O)(=O)c2cc(F)ccc2C)C1. The van der Waals surface area contributed by atoms with E-state index in [1.807, 2.05) is 7.05 Å². The normalized spacial score (nSPS) is 20.9. The van der Waals surface area contributed by atoms with E-state index < -0.39 is 15.8 Å². The summed E-state index contributed by atoms with van der Waals surface area (Å²) in [6.45, 7) is 3.49. The van der Waals surface area contributed by atoms with Crippen molar-refractivity contribution < 1.29 is 12.8 Å². The van der Waals surface area contributed by atoms with Crippen molar-refractivity contribution in [3.63, 3.8) is 0 Å². The van der Waals surface area contributed by atoms with Gasteiger partial charge < -0.3 is 5.32 Å². The molecule has 1 heterocycles. The lowest BCUT2D eigenvalue weighted by Gasteiger charge is -2.18. The van der Waals surface area contributed by atoms with E-state index in [9.17, 15) is 12.8 Å². The molecular formula is C13H19FN2O2S. The minimum Gasteiger partial charge on any atom is -0.319 e. The van der Waals surface area contributed by atoms with Crippen LogP contribution >= 0.6 is 0 Å². The van der Waals surface area contributed by atoms with Crippen LogP contribution in [0.4, 0.5) is 4.39 Å². The van der Waals surface area contributed by atoms with Gasteiger partial charge in [-0.05, 0) is 50.6 Å². The quantitative estimate of drug-likeness (QED) is 0.909. The smallest absolute Gasteiger partial charge is 0.243 e. The first kappa shape index (κ1) is 14.4. The molecule has 19 heavy (non-hydrogen) atoms. The molecule has 4 nitrogen and oxygen atoms in total. The number of hydrogen-bond donors (Lipinski definition) is 1. The molecule has 106 valence electrons. The van der Waals surface area contributed by atoms with Gasteiger partial charge in [0.15, 0.2) is 0 Å². The average Bonchev–Trinajstić information content (AvgIpc) is 2.82. The number of aryl methyl sites for hydroxylation is 1. The monoisotopic (exact) mass is 286 g/mol. The van der Waals surface area contributed by atoms with Crippen LogP contribution in [0.15, 0.2) is 23.1 Å². The number of benzene rings is 1. The number of sulfonamides is 1. The van der Waals surface area contributed by atoms with E-state index in [1.54, 1.807) is 6.92 Å². The predicted octanol–water partition coefficient (Wildman–Crippen LogP) is 1.36. The third-order valence-corrected chi connectivity index (χ3v) is 5.52. The Morgan fingerprint density at radius 1 is 1.47 bits per heavy atom. The highest BCUT2D eigenvalue weighted by molar-refractivity contribution is 7.89. The molecule has 1 aromatic carbocycles. The van der Waals surface area contributed by atoms with E-state index in [4.69, 9.17) is 0 Å². The summed E-state index contributed by atoms with van der Waals surface area (Å²) in [5, 5.41) is 3.06. The molecule has 0 spiro atoms. The fourth-order valence-corrected chi connectivity index (χ4v) is 4.23. The molecule has 0 amide bonds. The maximum absolute atomic E-state index is 13.3. The minimum atomic E-state index is -3.58. The Hall–Kier alpha value is -0.980. The van der Waals surface area contributed by atoms with Crippen molar-refractivity contribution in [1.29, 1.82) is 0 Å². The van der Waals surface area contributed by atoms with Crippen LogP contribution in [0, 0.1) is 18.7 Å². The zero-order valence-electron chi connectivity index (χ0n) is 11.2. The summed E-state index contributed by atoms with van der Waals surface area (Å²) in [7, 11) is -1.72. The van der Waals surface area contributed by atoms with Crippen LogP contribution in [0.3, 0.4) is 0 Å². The summed E-state index contributed by atoms with van der Waals surface area (Å²) in [6.07, 6.45) is 0.842. The fraction of sp³-hybridized carbons (Fsp3) is 0.538. The highest BCUT2D eigenvalue weighted by Gasteiger charge is 2.33. The zero-order chi connectivity index (χ0) is 14.0. The van der Waals surface area contributed by atoms with Crippen molar-refractivity contribution in [1.82, 2.24) is 9.62 Å². The molecule has 1 atom stereocenters. The Morgan fingerprint density at radius 2 is 2.21 bits per heavy atom. The molecule has 1 aliphatic rings. The van der Waals surface area contributed by atoms with Crippen LogP contribution in [0.2, 0.25) is 0 Å². The van der Waals surface area contributed by atoms with Crippen LogP contribution in [0.25, 0.3) is 0 Å². The highest BCUT2D eigenvalue weighted by Crippen LogP contribution is 2.26. The van der Waals surface area contributed by atoms with Crippen molar-refractivity contribution in [2.75, 3.05) is 26.7 Å². The minimum absolute atomic E-state index is 0.0811. The zero-order valence-corrected chi connectivity index (χ0v) is 12.0. The van der Waals surface area contributed by atoms with Gasteiger partial charge in [-0.25, -0.2) is 12.8 Å². The molecule has 0 aliphatic carbocycles. The maximum atomic E-state index is 13.3. The number of nitrogens with zero attached hydrogens (tertiary/aromatic N) is 1. The van der Waals surface area contributed by atoms with Gasteiger partial charge in [0.1, 0.15) is 5.82 Å². The fourth-order valence-electron chi connectivity index (χ4n) is 2.46. The number of rotatable bonds is 4. The van der Waals surface area contributed by atoms with Crippen LogP contribution in [0.5, 0.6) is 0 Å². The number of hydrogen-bond acceptors (Lipinski definition) is 3. The topological polar surface area (TPSA) is 49.4 Å². The molecule has 1 aliphatic heterocycles. The van der Waals surface area contributed by atoms with Gasteiger partial charge in [0, 0.05) is 13.1 Å². The summed E-state index contributed by atoms with van der Waals surface area (Å²) in [5.74, 6) is -0.191. The van der Waals surface area contributed by atoms with Crippen molar-refractivity contribution >= 4 is 10.0 Å². The van der Waals surface area contributed by atoms with E-state index in [0.717, 1.165) is 19.0 Å². The van der Waals surface area contributed by atoms with Crippen molar-refractivity contribution in [3.05, 3.63) is 29.6 Å². The summed E-state index contributed by atoms with van der Waals surface area (Å²) < 4.78 is 39.7. The first-order chi connectivity index (χ1) is 8.95. The number of nitrogens with one attached hydrogen (secondary N) is 1. The Labute approximate surface area is 113 Å².